The van der Waals surface area contributed by atoms with Crippen LogP contribution < -0.4 is 10.1 Å². The standard InChI is InChI=1S/C11H17NO2/c1-13-9-12-7-6-10-4-3-5-11(8-10)14-2/h3-5,8,12H,6-7,9H2,1-2H3. The summed E-state index contributed by atoms with van der Waals surface area (Å²) in [6, 6.07) is 8.10. The largest absolute Gasteiger partial charge is 0.497 e. The minimum absolute atomic E-state index is 0.601. The summed E-state index contributed by atoms with van der Waals surface area (Å²) < 4.78 is 10.0. The van der Waals surface area contributed by atoms with Gasteiger partial charge in [0, 0.05) is 13.7 Å². The number of methoxy groups -OCH3 is 2. The molecule has 0 aromatic heterocycles. The lowest BCUT2D eigenvalue weighted by Crippen LogP contribution is -2.19. The van der Waals surface area contributed by atoms with Gasteiger partial charge in [-0.05, 0) is 24.1 Å². The zero-order chi connectivity index (χ0) is 10.2. The predicted octanol–water partition coefficient (Wildman–Crippen LogP) is 1.43. The van der Waals surface area contributed by atoms with Crippen molar-refractivity contribution < 1.29 is 9.47 Å². The number of nitrogens with one attached hydrogen (secondary N) is 1. The van der Waals surface area contributed by atoms with Gasteiger partial charge in [-0.2, -0.15) is 0 Å². The molecule has 3 heteroatoms. The Morgan fingerprint density at radius 2 is 2.14 bits per heavy atom. The van der Waals surface area contributed by atoms with Crippen LogP contribution in [0.15, 0.2) is 24.3 Å². The Morgan fingerprint density at radius 3 is 2.86 bits per heavy atom. The van der Waals surface area contributed by atoms with Gasteiger partial charge < -0.3 is 9.47 Å². The van der Waals surface area contributed by atoms with Crippen LogP contribution in [0.25, 0.3) is 0 Å². The summed E-state index contributed by atoms with van der Waals surface area (Å²) >= 11 is 0. The molecule has 0 saturated carbocycles. The number of benzene rings is 1. The number of rotatable bonds is 6. The lowest BCUT2D eigenvalue weighted by atomic mass is 10.1. The SMILES string of the molecule is COCNCCc1cccc(OC)c1. The zero-order valence-electron chi connectivity index (χ0n) is 8.75. The van der Waals surface area contributed by atoms with Crippen molar-refractivity contribution in [1.29, 1.82) is 0 Å². The molecule has 0 heterocycles. The third-order valence-corrected chi connectivity index (χ3v) is 1.97. The Balaban J connectivity index is 2.34. The fourth-order valence-electron chi connectivity index (χ4n) is 1.23. The summed E-state index contributed by atoms with van der Waals surface area (Å²) in [7, 11) is 3.36. The van der Waals surface area contributed by atoms with Crippen molar-refractivity contribution in [3.63, 3.8) is 0 Å². The maximum atomic E-state index is 5.14. The molecule has 0 spiro atoms. The van der Waals surface area contributed by atoms with Gasteiger partial charge in [0.25, 0.3) is 0 Å². The average molecular weight is 195 g/mol. The molecule has 0 radical (unpaired) electrons. The lowest BCUT2D eigenvalue weighted by molar-refractivity contribution is 0.176. The maximum Gasteiger partial charge on any atom is 0.119 e. The molecule has 0 amide bonds. The van der Waals surface area contributed by atoms with Gasteiger partial charge in [0.1, 0.15) is 5.75 Å². The Kier molecular flexibility index (Phi) is 5.04. The highest BCUT2D eigenvalue weighted by molar-refractivity contribution is 5.28. The Hall–Kier alpha value is -1.06. The van der Waals surface area contributed by atoms with Crippen molar-refractivity contribution in [2.24, 2.45) is 0 Å². The Morgan fingerprint density at radius 1 is 1.29 bits per heavy atom. The number of hydrogen-bond acceptors (Lipinski definition) is 3. The minimum Gasteiger partial charge on any atom is -0.497 e. The van der Waals surface area contributed by atoms with E-state index < -0.39 is 0 Å². The zero-order valence-corrected chi connectivity index (χ0v) is 8.75. The van der Waals surface area contributed by atoms with E-state index in [9.17, 15) is 0 Å². The van der Waals surface area contributed by atoms with Gasteiger partial charge in [0.2, 0.25) is 0 Å². The van der Waals surface area contributed by atoms with Gasteiger partial charge >= 0.3 is 0 Å². The highest BCUT2D eigenvalue weighted by Crippen LogP contribution is 2.12. The maximum absolute atomic E-state index is 5.14. The van der Waals surface area contributed by atoms with Crippen LogP contribution >= 0.6 is 0 Å². The van der Waals surface area contributed by atoms with Gasteiger partial charge in [0.15, 0.2) is 0 Å². The van der Waals surface area contributed by atoms with Gasteiger partial charge in [-0.1, -0.05) is 12.1 Å². The molecule has 0 aliphatic rings. The molecule has 14 heavy (non-hydrogen) atoms. The molecular formula is C11H17NO2. The second-order valence-electron chi connectivity index (χ2n) is 3.03. The topological polar surface area (TPSA) is 30.5 Å². The number of ether oxygens (including phenoxy) is 2. The van der Waals surface area contributed by atoms with Crippen molar-refractivity contribution in [3.8, 4) is 5.75 Å². The van der Waals surface area contributed by atoms with Crippen LogP contribution in [0.2, 0.25) is 0 Å². The molecule has 78 valence electrons. The fraction of sp³-hybridized carbons (Fsp3) is 0.455. The summed E-state index contributed by atoms with van der Waals surface area (Å²) in [5, 5.41) is 3.16. The van der Waals surface area contributed by atoms with Crippen molar-refractivity contribution in [1.82, 2.24) is 5.32 Å². The van der Waals surface area contributed by atoms with Crippen molar-refractivity contribution in [2.45, 2.75) is 6.42 Å². The molecule has 1 N–H and O–H groups in total. The van der Waals surface area contributed by atoms with Crippen LogP contribution in [-0.4, -0.2) is 27.5 Å². The molecule has 0 aliphatic carbocycles. The first-order valence-electron chi connectivity index (χ1n) is 4.69. The van der Waals surface area contributed by atoms with E-state index in [0.29, 0.717) is 6.73 Å². The van der Waals surface area contributed by atoms with Crippen molar-refractivity contribution in [3.05, 3.63) is 29.8 Å². The van der Waals surface area contributed by atoms with E-state index >= 15 is 0 Å². The lowest BCUT2D eigenvalue weighted by Gasteiger charge is -2.05. The summed E-state index contributed by atoms with van der Waals surface area (Å²) in [4.78, 5) is 0. The molecule has 0 saturated heterocycles. The first kappa shape index (κ1) is 11.0. The van der Waals surface area contributed by atoms with Gasteiger partial charge in [-0.25, -0.2) is 0 Å². The average Bonchev–Trinajstić information content (AvgIpc) is 2.25. The molecule has 1 rings (SSSR count). The molecule has 0 atom stereocenters. The predicted molar refractivity (Wildman–Crippen MR) is 56.6 cm³/mol. The first-order valence-corrected chi connectivity index (χ1v) is 4.69. The van der Waals surface area contributed by atoms with E-state index in [4.69, 9.17) is 9.47 Å². The van der Waals surface area contributed by atoms with E-state index in [1.807, 2.05) is 12.1 Å². The molecule has 0 aliphatic heterocycles. The molecule has 0 unspecified atom stereocenters. The highest BCUT2D eigenvalue weighted by Gasteiger charge is 1.95. The normalized spacial score (nSPS) is 10.1. The smallest absolute Gasteiger partial charge is 0.119 e. The fourth-order valence-corrected chi connectivity index (χ4v) is 1.23. The summed E-state index contributed by atoms with van der Waals surface area (Å²) in [5.74, 6) is 0.911. The third kappa shape index (κ3) is 3.77. The summed E-state index contributed by atoms with van der Waals surface area (Å²) in [6.45, 7) is 1.52. The third-order valence-electron chi connectivity index (χ3n) is 1.97. The van der Waals surface area contributed by atoms with Crippen LogP contribution in [0.3, 0.4) is 0 Å². The molecule has 1 aromatic carbocycles. The van der Waals surface area contributed by atoms with Gasteiger partial charge in [-0.15, -0.1) is 0 Å². The Bertz CT molecular complexity index is 263. The number of hydrogen-bond donors (Lipinski definition) is 1. The van der Waals surface area contributed by atoms with E-state index in [1.165, 1.54) is 5.56 Å². The van der Waals surface area contributed by atoms with Crippen LogP contribution in [0, 0.1) is 0 Å². The molecule has 3 nitrogen and oxygen atoms in total. The second-order valence-corrected chi connectivity index (χ2v) is 3.03. The quantitative estimate of drug-likeness (QED) is 0.550. The van der Waals surface area contributed by atoms with Crippen LogP contribution in [-0.2, 0) is 11.2 Å². The van der Waals surface area contributed by atoms with Crippen LogP contribution in [0.4, 0.5) is 0 Å². The van der Waals surface area contributed by atoms with Gasteiger partial charge in [0.05, 0.1) is 13.8 Å². The minimum atomic E-state index is 0.601. The molecule has 1 aromatic rings. The van der Waals surface area contributed by atoms with Crippen molar-refractivity contribution >= 4 is 0 Å². The molecule has 0 bridgehead atoms. The summed E-state index contributed by atoms with van der Waals surface area (Å²) in [6.07, 6.45) is 0.987. The monoisotopic (exact) mass is 195 g/mol. The van der Waals surface area contributed by atoms with Crippen molar-refractivity contribution in [2.75, 3.05) is 27.5 Å². The molecule has 0 fully saturated rings. The van der Waals surface area contributed by atoms with E-state index in [2.05, 4.69) is 17.4 Å². The van der Waals surface area contributed by atoms with E-state index in [1.54, 1.807) is 14.2 Å². The first-order chi connectivity index (χ1) is 6.86. The van der Waals surface area contributed by atoms with E-state index in [-0.39, 0.29) is 0 Å². The van der Waals surface area contributed by atoms with Gasteiger partial charge in [-0.3, -0.25) is 5.32 Å². The van der Waals surface area contributed by atoms with E-state index in [0.717, 1.165) is 18.7 Å². The second kappa shape index (κ2) is 6.40. The van der Waals surface area contributed by atoms with Crippen LogP contribution in [0.5, 0.6) is 5.75 Å². The highest BCUT2D eigenvalue weighted by atomic mass is 16.5. The van der Waals surface area contributed by atoms with Crippen LogP contribution in [0.1, 0.15) is 5.56 Å². The Labute approximate surface area is 85.0 Å². The summed E-state index contributed by atoms with van der Waals surface area (Å²) in [5.41, 5.74) is 1.27. The molecular weight excluding hydrogens is 178 g/mol.